The van der Waals surface area contributed by atoms with Crippen LogP contribution in [0, 0.1) is 5.41 Å². The predicted octanol–water partition coefficient (Wildman–Crippen LogP) is 2.31. The zero-order chi connectivity index (χ0) is 14.4. The van der Waals surface area contributed by atoms with Crippen LogP contribution in [0.4, 0.5) is 0 Å². The molecule has 1 saturated carbocycles. The molecule has 0 spiro atoms. The van der Waals surface area contributed by atoms with E-state index in [2.05, 4.69) is 0 Å². The van der Waals surface area contributed by atoms with Crippen molar-refractivity contribution in [2.75, 3.05) is 26.2 Å². The van der Waals surface area contributed by atoms with Crippen LogP contribution in [0.25, 0.3) is 0 Å². The fourth-order valence-electron chi connectivity index (χ4n) is 3.70. The van der Waals surface area contributed by atoms with Gasteiger partial charge in [0.25, 0.3) is 0 Å². The van der Waals surface area contributed by atoms with E-state index in [0.717, 1.165) is 45.4 Å². The monoisotopic (exact) mass is 282 g/mol. The van der Waals surface area contributed by atoms with E-state index >= 15 is 0 Å². The van der Waals surface area contributed by atoms with Gasteiger partial charge in [-0.1, -0.05) is 19.3 Å². The first kappa shape index (κ1) is 15.8. The average Bonchev–Trinajstić information content (AvgIpc) is 2.49. The second-order valence-electron chi connectivity index (χ2n) is 6.48. The number of nitrogens with two attached hydrogens (primary N) is 1. The lowest BCUT2D eigenvalue weighted by molar-refractivity contribution is -0.136. The van der Waals surface area contributed by atoms with Crippen molar-refractivity contribution in [3.8, 4) is 0 Å². The van der Waals surface area contributed by atoms with Crippen LogP contribution in [0.5, 0.6) is 0 Å². The van der Waals surface area contributed by atoms with Crippen LogP contribution >= 0.6 is 0 Å². The fourth-order valence-corrected chi connectivity index (χ4v) is 3.70. The smallest absolute Gasteiger partial charge is 0.223 e. The lowest BCUT2D eigenvalue weighted by atomic mass is 9.71. The first-order valence-corrected chi connectivity index (χ1v) is 8.28. The van der Waals surface area contributed by atoms with E-state index in [9.17, 15) is 4.79 Å². The number of amides is 1. The number of hydrogen-bond acceptors (Lipinski definition) is 3. The third-order valence-corrected chi connectivity index (χ3v) is 5.07. The number of ether oxygens (including phenoxy) is 1. The Morgan fingerprint density at radius 1 is 1.25 bits per heavy atom. The van der Waals surface area contributed by atoms with Gasteiger partial charge < -0.3 is 15.4 Å². The molecule has 20 heavy (non-hydrogen) atoms. The molecular weight excluding hydrogens is 252 g/mol. The van der Waals surface area contributed by atoms with Gasteiger partial charge in [0, 0.05) is 26.1 Å². The van der Waals surface area contributed by atoms with Crippen molar-refractivity contribution >= 4 is 5.91 Å². The highest BCUT2D eigenvalue weighted by Crippen LogP contribution is 2.39. The first-order valence-electron chi connectivity index (χ1n) is 8.28. The quantitative estimate of drug-likeness (QED) is 0.842. The molecular formula is C16H30N2O2. The van der Waals surface area contributed by atoms with Gasteiger partial charge in [0.1, 0.15) is 0 Å². The fraction of sp³-hybridized carbons (Fsp3) is 0.938. The van der Waals surface area contributed by atoms with Crippen LogP contribution in [0.2, 0.25) is 0 Å². The normalized spacial score (nSPS) is 23.8. The molecule has 0 bridgehead atoms. The molecule has 0 aromatic rings. The second kappa shape index (κ2) is 7.41. The van der Waals surface area contributed by atoms with Crippen molar-refractivity contribution in [1.29, 1.82) is 0 Å². The molecule has 4 nitrogen and oxygen atoms in total. The summed E-state index contributed by atoms with van der Waals surface area (Å²) in [6.07, 6.45) is 8.99. The lowest BCUT2D eigenvalue weighted by Crippen LogP contribution is -2.44. The summed E-state index contributed by atoms with van der Waals surface area (Å²) in [7, 11) is 0. The summed E-state index contributed by atoms with van der Waals surface area (Å²) >= 11 is 0. The Kier molecular flexibility index (Phi) is 5.85. The molecule has 1 saturated heterocycles. The minimum Gasteiger partial charge on any atom is -0.378 e. The van der Waals surface area contributed by atoms with Crippen molar-refractivity contribution in [2.24, 2.45) is 11.1 Å². The molecule has 116 valence electrons. The highest BCUT2D eigenvalue weighted by Gasteiger charge is 2.35. The van der Waals surface area contributed by atoms with Gasteiger partial charge in [0.2, 0.25) is 5.91 Å². The Balaban J connectivity index is 1.82. The molecule has 1 heterocycles. The maximum atomic E-state index is 12.5. The van der Waals surface area contributed by atoms with E-state index in [1.54, 1.807) is 0 Å². The topological polar surface area (TPSA) is 55.6 Å². The van der Waals surface area contributed by atoms with E-state index in [1.165, 1.54) is 19.3 Å². The molecule has 0 aromatic carbocycles. The molecule has 4 heteroatoms. The van der Waals surface area contributed by atoms with E-state index in [4.69, 9.17) is 10.5 Å². The summed E-state index contributed by atoms with van der Waals surface area (Å²) in [6, 6.07) is 0. The maximum absolute atomic E-state index is 12.5. The van der Waals surface area contributed by atoms with Crippen LogP contribution in [0.15, 0.2) is 0 Å². The van der Waals surface area contributed by atoms with E-state index in [-0.39, 0.29) is 5.41 Å². The van der Waals surface area contributed by atoms with Crippen LogP contribution in [0.1, 0.15) is 58.3 Å². The molecule has 2 N–H and O–H groups in total. The van der Waals surface area contributed by atoms with Gasteiger partial charge in [-0.3, -0.25) is 4.79 Å². The maximum Gasteiger partial charge on any atom is 0.223 e. The molecule has 2 aliphatic rings. The van der Waals surface area contributed by atoms with Crippen molar-refractivity contribution < 1.29 is 9.53 Å². The minimum absolute atomic E-state index is 0.0894. The zero-order valence-corrected chi connectivity index (χ0v) is 12.9. The summed E-state index contributed by atoms with van der Waals surface area (Å²) in [6.45, 7) is 5.17. The van der Waals surface area contributed by atoms with Gasteiger partial charge in [-0.2, -0.15) is 0 Å². The first-order chi connectivity index (χ1) is 9.69. The number of hydrogen-bond donors (Lipinski definition) is 1. The van der Waals surface area contributed by atoms with Gasteiger partial charge in [-0.05, 0) is 44.6 Å². The molecule has 0 aromatic heterocycles. The molecule has 2 rings (SSSR count). The number of rotatable bonds is 5. The van der Waals surface area contributed by atoms with Gasteiger partial charge in [-0.25, -0.2) is 0 Å². The molecule has 1 aliphatic carbocycles. The zero-order valence-electron chi connectivity index (χ0n) is 12.9. The summed E-state index contributed by atoms with van der Waals surface area (Å²) < 4.78 is 5.64. The van der Waals surface area contributed by atoms with Crippen LogP contribution in [-0.2, 0) is 9.53 Å². The Morgan fingerprint density at radius 3 is 2.45 bits per heavy atom. The van der Waals surface area contributed by atoms with Gasteiger partial charge >= 0.3 is 0 Å². The number of nitrogens with zero attached hydrogens (tertiary/aromatic N) is 1. The highest BCUT2D eigenvalue weighted by atomic mass is 16.5. The minimum atomic E-state index is 0.0894. The predicted molar refractivity (Wildman–Crippen MR) is 80.4 cm³/mol. The molecule has 1 amide bonds. The molecule has 0 atom stereocenters. The second-order valence-corrected chi connectivity index (χ2v) is 6.48. The van der Waals surface area contributed by atoms with Gasteiger partial charge in [0.05, 0.1) is 6.10 Å². The number of carbonyl (C=O) groups is 1. The van der Waals surface area contributed by atoms with Crippen LogP contribution in [-0.4, -0.2) is 43.2 Å². The summed E-state index contributed by atoms with van der Waals surface area (Å²) in [5.41, 5.74) is 6.08. The number of carbonyl (C=O) groups excluding carboxylic acids is 1. The van der Waals surface area contributed by atoms with Gasteiger partial charge in [-0.15, -0.1) is 0 Å². The Bertz CT molecular complexity index is 306. The number of piperidine rings is 1. The van der Waals surface area contributed by atoms with Crippen molar-refractivity contribution in [2.45, 2.75) is 64.4 Å². The van der Waals surface area contributed by atoms with Crippen molar-refractivity contribution in [3.63, 3.8) is 0 Å². The summed E-state index contributed by atoms with van der Waals surface area (Å²) in [5.74, 6) is 0.312. The SMILES string of the molecule is CCOC1CCN(C(=O)CC2(CN)CCCCC2)CC1. The van der Waals surface area contributed by atoms with Crippen molar-refractivity contribution in [3.05, 3.63) is 0 Å². The van der Waals surface area contributed by atoms with Crippen LogP contribution < -0.4 is 5.73 Å². The third-order valence-electron chi connectivity index (χ3n) is 5.07. The standard InChI is InChI=1S/C16H30N2O2/c1-2-20-14-6-10-18(11-7-14)15(19)12-16(13-17)8-4-3-5-9-16/h14H,2-13,17H2,1H3. The molecule has 2 fully saturated rings. The summed E-state index contributed by atoms with van der Waals surface area (Å²) in [5, 5.41) is 0. The molecule has 0 radical (unpaired) electrons. The van der Waals surface area contributed by atoms with Crippen LogP contribution in [0.3, 0.4) is 0 Å². The van der Waals surface area contributed by atoms with E-state index in [1.807, 2.05) is 11.8 Å². The summed E-state index contributed by atoms with van der Waals surface area (Å²) in [4.78, 5) is 14.6. The Hall–Kier alpha value is -0.610. The Labute approximate surface area is 123 Å². The molecule has 0 unspecified atom stereocenters. The number of likely N-dealkylation sites (tertiary alicyclic amines) is 1. The molecule has 1 aliphatic heterocycles. The largest absolute Gasteiger partial charge is 0.378 e. The van der Waals surface area contributed by atoms with E-state index < -0.39 is 0 Å². The van der Waals surface area contributed by atoms with E-state index in [0.29, 0.717) is 25.0 Å². The lowest BCUT2D eigenvalue weighted by Gasteiger charge is -2.39. The van der Waals surface area contributed by atoms with Crippen molar-refractivity contribution in [1.82, 2.24) is 4.90 Å². The average molecular weight is 282 g/mol. The highest BCUT2D eigenvalue weighted by molar-refractivity contribution is 5.77. The third kappa shape index (κ3) is 3.95. The Morgan fingerprint density at radius 2 is 1.90 bits per heavy atom. The van der Waals surface area contributed by atoms with Gasteiger partial charge in [0.15, 0.2) is 0 Å².